The molecule has 10 heteroatoms. The van der Waals surface area contributed by atoms with Crippen molar-refractivity contribution >= 4 is 31.6 Å². The molecule has 33 heavy (non-hydrogen) atoms. The van der Waals surface area contributed by atoms with Gasteiger partial charge in [-0.2, -0.15) is 4.31 Å². The van der Waals surface area contributed by atoms with Gasteiger partial charge in [0.1, 0.15) is 0 Å². The summed E-state index contributed by atoms with van der Waals surface area (Å²) in [5, 5.41) is 2.69. The first kappa shape index (κ1) is 25.4. The molecule has 1 aliphatic heterocycles. The van der Waals surface area contributed by atoms with E-state index in [0.29, 0.717) is 36.2 Å². The van der Waals surface area contributed by atoms with Gasteiger partial charge in [-0.25, -0.2) is 21.1 Å². The molecule has 2 atom stereocenters. The molecule has 1 aliphatic rings. The van der Waals surface area contributed by atoms with Crippen LogP contribution >= 0.6 is 0 Å². The molecule has 2 unspecified atom stereocenters. The summed E-state index contributed by atoms with van der Waals surface area (Å²) in [4.78, 5) is 13.0. The van der Waals surface area contributed by atoms with Crippen LogP contribution in [0, 0.1) is 18.8 Å². The molecular weight excluding hydrogens is 462 g/mol. The van der Waals surface area contributed by atoms with Crippen LogP contribution in [-0.4, -0.2) is 58.5 Å². The number of hydrogen-bond donors (Lipinski definition) is 1. The average molecular weight is 494 g/mol. The quantitative estimate of drug-likeness (QED) is 0.666. The van der Waals surface area contributed by atoms with E-state index in [2.05, 4.69) is 5.32 Å². The van der Waals surface area contributed by atoms with Gasteiger partial charge in [0.15, 0.2) is 0 Å². The van der Waals surface area contributed by atoms with E-state index in [1.54, 1.807) is 19.1 Å². The number of benzene rings is 2. The Hall–Kier alpha value is -2.27. The molecule has 0 radical (unpaired) electrons. The van der Waals surface area contributed by atoms with Crippen LogP contribution in [0.15, 0.2) is 52.3 Å². The number of carbonyl (C=O) groups excluding carboxylic acids is 1. The van der Waals surface area contributed by atoms with Crippen LogP contribution in [-0.2, 0) is 20.0 Å². The molecule has 1 heterocycles. The maximum absolute atomic E-state index is 13.0. The highest BCUT2D eigenvalue weighted by Crippen LogP contribution is 2.27. The van der Waals surface area contributed by atoms with Crippen LogP contribution in [0.3, 0.4) is 0 Å². The summed E-state index contributed by atoms with van der Waals surface area (Å²) >= 11 is 0. The van der Waals surface area contributed by atoms with Crippen molar-refractivity contribution in [1.82, 2.24) is 8.61 Å². The number of piperidine rings is 1. The number of anilines is 1. The minimum atomic E-state index is -3.66. The van der Waals surface area contributed by atoms with Crippen molar-refractivity contribution < 1.29 is 21.6 Å². The molecule has 0 spiro atoms. The molecule has 8 nitrogen and oxygen atoms in total. The molecule has 2 aromatic carbocycles. The Morgan fingerprint density at radius 2 is 1.55 bits per heavy atom. The lowest BCUT2D eigenvalue weighted by molar-refractivity contribution is 0.102. The van der Waals surface area contributed by atoms with E-state index in [0.717, 1.165) is 10.7 Å². The van der Waals surface area contributed by atoms with E-state index < -0.39 is 26.0 Å². The highest BCUT2D eigenvalue weighted by molar-refractivity contribution is 7.89. The van der Waals surface area contributed by atoms with E-state index in [9.17, 15) is 21.6 Å². The standard InChI is InChI=1S/C23H31N3O5S2/c1-16-12-17(2)15-26(14-16)32(28,29)21-10-7-19(8-11-21)23(27)24-20-9-6-18(3)22(13-20)33(30,31)25(4)5/h6-11,13,16-17H,12,14-15H2,1-5H3,(H,24,27). The second-order valence-electron chi connectivity index (χ2n) is 9.01. The lowest BCUT2D eigenvalue weighted by Gasteiger charge is -2.34. The van der Waals surface area contributed by atoms with Crippen molar-refractivity contribution in [2.24, 2.45) is 11.8 Å². The molecule has 1 amide bonds. The fraction of sp³-hybridized carbons (Fsp3) is 0.435. The molecule has 0 aromatic heterocycles. The fourth-order valence-corrected chi connectivity index (χ4v) is 6.91. The van der Waals surface area contributed by atoms with Crippen molar-refractivity contribution in [2.45, 2.75) is 37.0 Å². The summed E-state index contributed by atoms with van der Waals surface area (Å²) in [5.74, 6) is 0.129. The van der Waals surface area contributed by atoms with Gasteiger partial charge in [-0.15, -0.1) is 0 Å². The maximum atomic E-state index is 13.0. The summed E-state index contributed by atoms with van der Waals surface area (Å²) < 4.78 is 53.7. The zero-order valence-corrected chi connectivity index (χ0v) is 21.2. The topological polar surface area (TPSA) is 104 Å². The van der Waals surface area contributed by atoms with E-state index in [1.807, 2.05) is 13.8 Å². The number of nitrogens with zero attached hydrogens (tertiary/aromatic N) is 2. The van der Waals surface area contributed by atoms with Gasteiger partial charge in [0.25, 0.3) is 5.91 Å². The van der Waals surface area contributed by atoms with Gasteiger partial charge in [-0.1, -0.05) is 19.9 Å². The Morgan fingerprint density at radius 3 is 2.09 bits per heavy atom. The highest BCUT2D eigenvalue weighted by Gasteiger charge is 2.31. The summed E-state index contributed by atoms with van der Waals surface area (Å²) in [6, 6.07) is 10.5. The number of nitrogens with one attached hydrogen (secondary N) is 1. The van der Waals surface area contributed by atoms with E-state index >= 15 is 0 Å². The minimum absolute atomic E-state index is 0.108. The SMILES string of the molecule is Cc1ccc(NC(=O)c2ccc(S(=O)(=O)N3CC(C)CC(C)C3)cc2)cc1S(=O)(=O)N(C)C. The van der Waals surface area contributed by atoms with Gasteiger partial charge >= 0.3 is 0 Å². The number of rotatable bonds is 6. The zero-order chi connectivity index (χ0) is 24.6. The lowest BCUT2D eigenvalue weighted by Crippen LogP contribution is -2.42. The summed E-state index contributed by atoms with van der Waals surface area (Å²) in [6.45, 7) is 6.75. The molecule has 1 saturated heterocycles. The molecule has 1 fully saturated rings. The average Bonchev–Trinajstić information content (AvgIpc) is 2.74. The molecule has 0 saturated carbocycles. The number of aryl methyl sites for hydroxylation is 1. The highest BCUT2D eigenvalue weighted by atomic mass is 32.2. The third kappa shape index (κ3) is 5.46. The molecule has 2 aromatic rings. The number of sulfonamides is 2. The second-order valence-corrected chi connectivity index (χ2v) is 13.1. The molecule has 0 aliphatic carbocycles. The van der Waals surface area contributed by atoms with Crippen LogP contribution in [0.4, 0.5) is 5.69 Å². The summed E-state index contributed by atoms with van der Waals surface area (Å²) in [5.41, 5.74) is 1.17. The first-order valence-electron chi connectivity index (χ1n) is 10.8. The lowest BCUT2D eigenvalue weighted by atomic mass is 9.94. The monoisotopic (exact) mass is 493 g/mol. The first-order chi connectivity index (χ1) is 15.3. The van der Waals surface area contributed by atoms with Crippen molar-refractivity contribution in [2.75, 3.05) is 32.5 Å². The Labute approximate surface area is 196 Å². The first-order valence-corrected chi connectivity index (χ1v) is 13.6. The predicted molar refractivity (Wildman–Crippen MR) is 128 cm³/mol. The van der Waals surface area contributed by atoms with E-state index in [-0.39, 0.29) is 15.4 Å². The Kier molecular flexibility index (Phi) is 7.33. The summed E-state index contributed by atoms with van der Waals surface area (Å²) in [7, 11) is -4.40. The number of hydrogen-bond acceptors (Lipinski definition) is 5. The second kappa shape index (κ2) is 9.54. The zero-order valence-electron chi connectivity index (χ0n) is 19.6. The number of carbonyl (C=O) groups is 1. The van der Waals surface area contributed by atoms with Crippen LogP contribution in [0.2, 0.25) is 0 Å². The minimum Gasteiger partial charge on any atom is -0.322 e. The van der Waals surface area contributed by atoms with Gasteiger partial charge in [-0.05, 0) is 67.1 Å². The third-order valence-electron chi connectivity index (χ3n) is 5.79. The van der Waals surface area contributed by atoms with Crippen molar-refractivity contribution in [1.29, 1.82) is 0 Å². The predicted octanol–water partition coefficient (Wildman–Crippen LogP) is 3.16. The number of amides is 1. The van der Waals surface area contributed by atoms with E-state index in [4.69, 9.17) is 0 Å². The maximum Gasteiger partial charge on any atom is 0.255 e. The Morgan fingerprint density at radius 1 is 0.970 bits per heavy atom. The largest absolute Gasteiger partial charge is 0.322 e. The fourth-order valence-electron chi connectivity index (χ4n) is 4.09. The van der Waals surface area contributed by atoms with Gasteiger partial charge < -0.3 is 5.32 Å². The molecule has 3 rings (SSSR count). The van der Waals surface area contributed by atoms with Gasteiger partial charge in [0.2, 0.25) is 20.0 Å². The van der Waals surface area contributed by atoms with Crippen LogP contribution in [0.1, 0.15) is 36.2 Å². The van der Waals surface area contributed by atoms with Crippen molar-refractivity contribution in [3.05, 3.63) is 53.6 Å². The van der Waals surface area contributed by atoms with Gasteiger partial charge in [-0.3, -0.25) is 4.79 Å². The van der Waals surface area contributed by atoms with Crippen LogP contribution in [0.5, 0.6) is 0 Å². The van der Waals surface area contributed by atoms with Crippen LogP contribution in [0.25, 0.3) is 0 Å². The van der Waals surface area contributed by atoms with Crippen molar-refractivity contribution in [3.63, 3.8) is 0 Å². The normalized spacial score (nSPS) is 20.1. The smallest absolute Gasteiger partial charge is 0.255 e. The van der Waals surface area contributed by atoms with Gasteiger partial charge in [0.05, 0.1) is 9.79 Å². The van der Waals surface area contributed by atoms with Gasteiger partial charge in [0, 0.05) is 38.4 Å². The van der Waals surface area contributed by atoms with Crippen LogP contribution < -0.4 is 5.32 Å². The molecule has 180 valence electrons. The summed E-state index contributed by atoms with van der Waals surface area (Å²) in [6.07, 6.45) is 1.00. The molecule has 0 bridgehead atoms. The third-order valence-corrected chi connectivity index (χ3v) is 9.60. The Bertz CT molecular complexity index is 1230. The van der Waals surface area contributed by atoms with Crippen molar-refractivity contribution in [3.8, 4) is 0 Å². The Balaban J connectivity index is 1.79. The van der Waals surface area contributed by atoms with E-state index in [1.165, 1.54) is 48.7 Å². The molecule has 1 N–H and O–H groups in total. The molecular formula is C23H31N3O5S2.